The van der Waals surface area contributed by atoms with E-state index in [0.717, 1.165) is 31.6 Å². The summed E-state index contributed by atoms with van der Waals surface area (Å²) in [7, 11) is 2.02. The third-order valence-electron chi connectivity index (χ3n) is 2.69. The van der Waals surface area contributed by atoms with Gasteiger partial charge in [0.1, 0.15) is 5.84 Å². The molecule has 4 nitrogen and oxygen atoms in total. The standard InChI is InChI=1S/C12H20N4/c1-11(16(2)10-3-7-13)5-6-12-14-8-4-9-15-12/h3,7-8,10-11,13H,4-6,9H2,1-2H3/b10-3-,13-7?. The summed E-state index contributed by atoms with van der Waals surface area (Å²) in [6.07, 6.45) is 9.83. The summed E-state index contributed by atoms with van der Waals surface area (Å²) in [5.41, 5.74) is 0. The average molecular weight is 220 g/mol. The van der Waals surface area contributed by atoms with E-state index in [1.165, 1.54) is 6.21 Å². The fourth-order valence-corrected chi connectivity index (χ4v) is 1.47. The molecule has 1 aliphatic rings. The normalized spacial score (nSPS) is 17.2. The Morgan fingerprint density at radius 3 is 3.06 bits per heavy atom. The molecule has 0 aromatic carbocycles. The van der Waals surface area contributed by atoms with Gasteiger partial charge in [-0.15, -0.1) is 0 Å². The summed E-state index contributed by atoms with van der Waals surface area (Å²) in [6.45, 7) is 3.05. The van der Waals surface area contributed by atoms with E-state index < -0.39 is 0 Å². The molecule has 0 spiro atoms. The number of hydrogen-bond acceptors (Lipinski definition) is 4. The maximum absolute atomic E-state index is 6.92. The quantitative estimate of drug-likeness (QED) is 0.685. The van der Waals surface area contributed by atoms with Gasteiger partial charge >= 0.3 is 0 Å². The first kappa shape index (κ1) is 12.6. The summed E-state index contributed by atoms with van der Waals surface area (Å²) in [5, 5.41) is 6.92. The van der Waals surface area contributed by atoms with Gasteiger partial charge in [0.05, 0.1) is 0 Å². The maximum Gasteiger partial charge on any atom is 0.122 e. The van der Waals surface area contributed by atoms with Crippen molar-refractivity contribution in [2.75, 3.05) is 13.6 Å². The predicted octanol–water partition coefficient (Wildman–Crippen LogP) is 2.12. The van der Waals surface area contributed by atoms with E-state index in [-0.39, 0.29) is 0 Å². The number of hydrogen-bond donors (Lipinski definition) is 1. The second-order valence-electron chi connectivity index (χ2n) is 3.96. The lowest BCUT2D eigenvalue weighted by atomic mass is 10.1. The fraction of sp³-hybridized carbons (Fsp3) is 0.583. The first-order chi connectivity index (χ1) is 7.74. The molecule has 1 atom stereocenters. The van der Waals surface area contributed by atoms with Crippen LogP contribution in [0.2, 0.25) is 0 Å². The highest BCUT2D eigenvalue weighted by molar-refractivity contribution is 5.91. The Bertz CT molecular complexity index is 304. The lowest BCUT2D eigenvalue weighted by Gasteiger charge is -2.22. The van der Waals surface area contributed by atoms with E-state index in [1.807, 2.05) is 19.5 Å². The minimum Gasteiger partial charge on any atom is -0.378 e. The van der Waals surface area contributed by atoms with Crippen molar-refractivity contribution >= 4 is 18.3 Å². The molecule has 1 heterocycles. The minimum atomic E-state index is 0.441. The number of nitrogens with one attached hydrogen (secondary N) is 1. The first-order valence-corrected chi connectivity index (χ1v) is 5.69. The lowest BCUT2D eigenvalue weighted by molar-refractivity contribution is 0.338. The van der Waals surface area contributed by atoms with Crippen LogP contribution in [-0.4, -0.2) is 42.8 Å². The van der Waals surface area contributed by atoms with Crippen LogP contribution < -0.4 is 0 Å². The number of nitrogens with zero attached hydrogens (tertiary/aromatic N) is 3. The highest BCUT2D eigenvalue weighted by atomic mass is 15.1. The Kier molecular flexibility index (Phi) is 5.46. The van der Waals surface area contributed by atoms with Crippen LogP contribution >= 0.6 is 0 Å². The average Bonchev–Trinajstić information content (AvgIpc) is 2.34. The number of rotatable bonds is 6. The van der Waals surface area contributed by atoms with Crippen molar-refractivity contribution in [1.29, 1.82) is 5.41 Å². The molecule has 1 aliphatic heterocycles. The summed E-state index contributed by atoms with van der Waals surface area (Å²) in [6, 6.07) is 0.441. The van der Waals surface area contributed by atoms with Crippen molar-refractivity contribution in [1.82, 2.24) is 4.90 Å². The molecule has 0 bridgehead atoms. The van der Waals surface area contributed by atoms with E-state index in [2.05, 4.69) is 21.8 Å². The molecule has 16 heavy (non-hydrogen) atoms. The molecule has 1 N–H and O–H groups in total. The molecule has 0 aromatic heterocycles. The molecule has 0 fully saturated rings. The highest BCUT2D eigenvalue weighted by Crippen LogP contribution is 2.08. The molecule has 1 unspecified atom stereocenters. The molecule has 88 valence electrons. The van der Waals surface area contributed by atoms with Gasteiger partial charge in [0, 0.05) is 51.1 Å². The van der Waals surface area contributed by atoms with Crippen molar-refractivity contribution in [2.45, 2.75) is 32.2 Å². The lowest BCUT2D eigenvalue weighted by Crippen LogP contribution is -2.24. The number of allylic oxidation sites excluding steroid dienone is 1. The summed E-state index contributed by atoms with van der Waals surface area (Å²) < 4.78 is 0. The van der Waals surface area contributed by atoms with Crippen LogP contribution in [0.4, 0.5) is 0 Å². The van der Waals surface area contributed by atoms with Crippen LogP contribution in [0.1, 0.15) is 26.2 Å². The molecule has 0 saturated carbocycles. The van der Waals surface area contributed by atoms with E-state index in [1.54, 1.807) is 6.08 Å². The van der Waals surface area contributed by atoms with Gasteiger partial charge in [-0.2, -0.15) is 0 Å². The smallest absolute Gasteiger partial charge is 0.122 e. The third-order valence-corrected chi connectivity index (χ3v) is 2.69. The highest BCUT2D eigenvalue weighted by Gasteiger charge is 2.07. The SMILES string of the molecule is CC(CCC1=NCCC=N1)N(C)/C=C\C=N. The van der Waals surface area contributed by atoms with Crippen LogP contribution in [0.15, 0.2) is 22.3 Å². The Balaban J connectivity index is 2.31. The molecule has 1 rings (SSSR count). The fourth-order valence-electron chi connectivity index (χ4n) is 1.47. The van der Waals surface area contributed by atoms with Gasteiger partial charge in [-0.25, -0.2) is 4.99 Å². The number of aliphatic imine (C=N–C) groups is 2. The zero-order valence-corrected chi connectivity index (χ0v) is 10.1. The van der Waals surface area contributed by atoms with Crippen LogP contribution in [0.25, 0.3) is 0 Å². The van der Waals surface area contributed by atoms with Gasteiger partial charge in [0.2, 0.25) is 0 Å². The van der Waals surface area contributed by atoms with Gasteiger partial charge < -0.3 is 10.3 Å². The Hall–Kier alpha value is -1.45. The van der Waals surface area contributed by atoms with Gasteiger partial charge in [0.25, 0.3) is 0 Å². The molecule has 0 aliphatic carbocycles. The predicted molar refractivity (Wildman–Crippen MR) is 69.8 cm³/mol. The van der Waals surface area contributed by atoms with Crippen molar-refractivity contribution in [3.05, 3.63) is 12.3 Å². The van der Waals surface area contributed by atoms with E-state index in [0.29, 0.717) is 6.04 Å². The van der Waals surface area contributed by atoms with Crippen molar-refractivity contribution in [3.63, 3.8) is 0 Å². The number of amidine groups is 1. The molecular weight excluding hydrogens is 200 g/mol. The van der Waals surface area contributed by atoms with Crippen LogP contribution in [0.3, 0.4) is 0 Å². The van der Waals surface area contributed by atoms with E-state index in [9.17, 15) is 0 Å². The second kappa shape index (κ2) is 6.93. The first-order valence-electron chi connectivity index (χ1n) is 5.69. The summed E-state index contributed by atoms with van der Waals surface area (Å²) >= 11 is 0. The largest absolute Gasteiger partial charge is 0.378 e. The van der Waals surface area contributed by atoms with Crippen LogP contribution in [-0.2, 0) is 0 Å². The monoisotopic (exact) mass is 220 g/mol. The van der Waals surface area contributed by atoms with Crippen molar-refractivity contribution in [2.24, 2.45) is 9.98 Å². The Labute approximate surface area is 97.3 Å². The van der Waals surface area contributed by atoms with Crippen LogP contribution in [0.5, 0.6) is 0 Å². The van der Waals surface area contributed by atoms with Crippen LogP contribution in [0, 0.1) is 5.41 Å². The zero-order valence-electron chi connectivity index (χ0n) is 10.1. The minimum absolute atomic E-state index is 0.441. The Morgan fingerprint density at radius 2 is 2.44 bits per heavy atom. The summed E-state index contributed by atoms with van der Waals surface area (Å²) in [4.78, 5) is 10.8. The maximum atomic E-state index is 6.92. The van der Waals surface area contributed by atoms with E-state index in [4.69, 9.17) is 5.41 Å². The van der Waals surface area contributed by atoms with Crippen molar-refractivity contribution < 1.29 is 0 Å². The Morgan fingerprint density at radius 1 is 1.62 bits per heavy atom. The van der Waals surface area contributed by atoms with Gasteiger partial charge in [-0.1, -0.05) is 0 Å². The molecular formula is C12H20N4. The molecule has 0 saturated heterocycles. The zero-order chi connectivity index (χ0) is 11.8. The molecule has 0 aromatic rings. The van der Waals surface area contributed by atoms with Crippen molar-refractivity contribution in [3.8, 4) is 0 Å². The molecule has 0 radical (unpaired) electrons. The summed E-state index contributed by atoms with van der Waals surface area (Å²) in [5.74, 6) is 0.975. The third kappa shape index (κ3) is 4.38. The van der Waals surface area contributed by atoms with Gasteiger partial charge in [-0.3, -0.25) is 4.99 Å². The van der Waals surface area contributed by atoms with Gasteiger partial charge in [-0.05, 0) is 19.4 Å². The second-order valence-corrected chi connectivity index (χ2v) is 3.96. The topological polar surface area (TPSA) is 51.8 Å². The molecule has 0 amide bonds. The van der Waals surface area contributed by atoms with E-state index >= 15 is 0 Å². The van der Waals surface area contributed by atoms with Gasteiger partial charge in [0.15, 0.2) is 0 Å². The molecule has 4 heteroatoms.